The van der Waals surface area contributed by atoms with Crippen LogP contribution in [0.15, 0.2) is 48.6 Å². The fourth-order valence-corrected chi connectivity index (χ4v) is 5.98. The summed E-state index contributed by atoms with van der Waals surface area (Å²) in [6.45, 7) is 4.46. The van der Waals surface area contributed by atoms with E-state index in [1.807, 2.05) is 0 Å². The molecule has 1 unspecified atom stereocenters. The fraction of sp³-hybridized carbons (Fsp3) is 0.773. The van der Waals surface area contributed by atoms with Crippen molar-refractivity contribution in [3.63, 3.8) is 0 Å². The first kappa shape index (κ1) is 45.9. The molecule has 0 aliphatic rings. The Labute approximate surface area is 298 Å². The van der Waals surface area contributed by atoms with E-state index in [0.29, 0.717) is 12.8 Å². The quantitative estimate of drug-likeness (QED) is 0.0406. The number of carboxylic acid groups (broad SMARTS) is 1. The van der Waals surface area contributed by atoms with Crippen molar-refractivity contribution in [3.05, 3.63) is 48.6 Å². The maximum absolute atomic E-state index is 12.5. The van der Waals surface area contributed by atoms with Crippen molar-refractivity contribution in [1.29, 1.82) is 0 Å². The summed E-state index contributed by atoms with van der Waals surface area (Å²) < 4.78 is 5.93. The van der Waals surface area contributed by atoms with Crippen LogP contribution in [-0.4, -0.2) is 23.1 Å². The van der Waals surface area contributed by atoms with Crippen LogP contribution < -0.4 is 0 Å². The van der Waals surface area contributed by atoms with Crippen molar-refractivity contribution >= 4 is 11.9 Å². The van der Waals surface area contributed by atoms with Gasteiger partial charge in [-0.15, -0.1) is 0 Å². The van der Waals surface area contributed by atoms with Crippen molar-refractivity contribution in [1.82, 2.24) is 0 Å². The van der Waals surface area contributed by atoms with E-state index >= 15 is 0 Å². The van der Waals surface area contributed by atoms with Crippen LogP contribution in [0.2, 0.25) is 0 Å². The number of aliphatic carboxylic acids is 1. The molecule has 4 heteroatoms. The standard InChI is InChI=1S/C44H78O4/c1-3-5-7-8-9-10-11-12-13-14-15-16-17-18-19-20-25-28-31-34-37-41-44(47)48-42(38-6-4-2)39-35-32-29-26-23-21-22-24-27-30-33-36-40-43(45)46/h9-10,12-13,15-16,18-19,42H,3-8,11,14,17,20-41H2,1-2H3,(H,45,46)/b10-9-,13-12-,16-15-,19-18-. The fourth-order valence-electron chi connectivity index (χ4n) is 5.98. The molecule has 0 spiro atoms. The molecule has 0 aliphatic carbocycles. The van der Waals surface area contributed by atoms with Crippen molar-refractivity contribution < 1.29 is 19.4 Å². The van der Waals surface area contributed by atoms with E-state index in [0.717, 1.165) is 83.5 Å². The SMILES string of the molecule is CCCCC/C=C\C/C=C\C/C=C\C/C=C\CCCCCCCC(=O)OC(CCCC)CCCCCCCCCCCCCCC(=O)O. The number of esters is 1. The summed E-state index contributed by atoms with van der Waals surface area (Å²) >= 11 is 0. The molecule has 0 saturated heterocycles. The molecule has 48 heavy (non-hydrogen) atoms. The van der Waals surface area contributed by atoms with Crippen LogP contribution in [0.25, 0.3) is 0 Å². The highest BCUT2D eigenvalue weighted by molar-refractivity contribution is 5.69. The van der Waals surface area contributed by atoms with Gasteiger partial charge in [0.2, 0.25) is 0 Å². The third kappa shape index (κ3) is 38.3. The van der Waals surface area contributed by atoms with Crippen molar-refractivity contribution in [2.75, 3.05) is 0 Å². The summed E-state index contributed by atoms with van der Waals surface area (Å²) in [6, 6.07) is 0. The second kappa shape index (κ2) is 39.3. The molecule has 0 aromatic carbocycles. The molecule has 0 saturated carbocycles. The van der Waals surface area contributed by atoms with Gasteiger partial charge in [0.05, 0.1) is 0 Å². The van der Waals surface area contributed by atoms with Gasteiger partial charge in [-0.1, -0.05) is 172 Å². The number of hydrogen-bond donors (Lipinski definition) is 1. The third-order valence-corrected chi connectivity index (χ3v) is 9.05. The Morgan fingerprint density at radius 1 is 0.458 bits per heavy atom. The van der Waals surface area contributed by atoms with Gasteiger partial charge in [-0.05, 0) is 77.0 Å². The predicted octanol–water partition coefficient (Wildman–Crippen LogP) is 14.3. The molecule has 1 N–H and O–H groups in total. The molecule has 1 atom stereocenters. The molecule has 0 aromatic rings. The zero-order valence-electron chi connectivity index (χ0n) is 31.8. The molecular weight excluding hydrogens is 592 g/mol. The maximum Gasteiger partial charge on any atom is 0.306 e. The van der Waals surface area contributed by atoms with Crippen LogP contribution in [0.1, 0.15) is 213 Å². The Morgan fingerprint density at radius 3 is 1.31 bits per heavy atom. The highest BCUT2D eigenvalue weighted by atomic mass is 16.5. The summed E-state index contributed by atoms with van der Waals surface area (Å²) in [5.74, 6) is -0.659. The van der Waals surface area contributed by atoms with Gasteiger partial charge in [0.15, 0.2) is 0 Å². The zero-order chi connectivity index (χ0) is 35.0. The molecule has 0 aromatic heterocycles. The molecule has 0 heterocycles. The lowest BCUT2D eigenvalue weighted by Crippen LogP contribution is -2.18. The Morgan fingerprint density at radius 2 is 0.833 bits per heavy atom. The van der Waals surface area contributed by atoms with Gasteiger partial charge >= 0.3 is 11.9 Å². The van der Waals surface area contributed by atoms with E-state index in [1.165, 1.54) is 103 Å². The molecule has 278 valence electrons. The van der Waals surface area contributed by atoms with Crippen molar-refractivity contribution in [2.24, 2.45) is 0 Å². The summed E-state index contributed by atoms with van der Waals surface area (Å²) in [6.07, 6.45) is 53.2. The second-order valence-electron chi connectivity index (χ2n) is 13.8. The van der Waals surface area contributed by atoms with Gasteiger partial charge in [-0.3, -0.25) is 9.59 Å². The molecule has 0 rings (SSSR count). The van der Waals surface area contributed by atoms with Gasteiger partial charge in [-0.25, -0.2) is 0 Å². The van der Waals surface area contributed by atoms with Crippen LogP contribution in [0.3, 0.4) is 0 Å². The van der Waals surface area contributed by atoms with E-state index in [1.54, 1.807) is 0 Å². The lowest BCUT2D eigenvalue weighted by Gasteiger charge is -2.18. The van der Waals surface area contributed by atoms with E-state index in [4.69, 9.17) is 9.84 Å². The maximum atomic E-state index is 12.5. The predicted molar refractivity (Wildman–Crippen MR) is 209 cm³/mol. The number of carbonyl (C=O) groups excluding carboxylic acids is 1. The van der Waals surface area contributed by atoms with Crippen LogP contribution in [0.5, 0.6) is 0 Å². The molecule has 0 aliphatic heterocycles. The number of unbranched alkanes of at least 4 members (excludes halogenated alkanes) is 20. The Hall–Kier alpha value is -2.10. The number of rotatable bonds is 37. The van der Waals surface area contributed by atoms with Gasteiger partial charge in [0, 0.05) is 12.8 Å². The van der Waals surface area contributed by atoms with Gasteiger partial charge in [-0.2, -0.15) is 0 Å². The molecule has 4 nitrogen and oxygen atoms in total. The second-order valence-corrected chi connectivity index (χ2v) is 13.8. The van der Waals surface area contributed by atoms with E-state index in [2.05, 4.69) is 62.5 Å². The smallest absolute Gasteiger partial charge is 0.306 e. The van der Waals surface area contributed by atoms with Gasteiger partial charge in [0.1, 0.15) is 6.10 Å². The van der Waals surface area contributed by atoms with Crippen LogP contribution in [0.4, 0.5) is 0 Å². The number of hydrogen-bond acceptors (Lipinski definition) is 3. The summed E-state index contributed by atoms with van der Waals surface area (Å²) in [7, 11) is 0. The third-order valence-electron chi connectivity index (χ3n) is 9.05. The van der Waals surface area contributed by atoms with Crippen molar-refractivity contribution in [3.8, 4) is 0 Å². The largest absolute Gasteiger partial charge is 0.481 e. The molecule has 0 bridgehead atoms. The average Bonchev–Trinajstić information content (AvgIpc) is 3.07. The summed E-state index contributed by atoms with van der Waals surface area (Å²) in [5.41, 5.74) is 0. The topological polar surface area (TPSA) is 63.6 Å². The zero-order valence-corrected chi connectivity index (χ0v) is 31.8. The lowest BCUT2D eigenvalue weighted by molar-refractivity contribution is -0.150. The van der Waals surface area contributed by atoms with Crippen LogP contribution in [0, 0.1) is 0 Å². The Bertz CT molecular complexity index is 809. The lowest BCUT2D eigenvalue weighted by atomic mass is 10.0. The Kier molecular flexibility index (Phi) is 37.6. The monoisotopic (exact) mass is 671 g/mol. The minimum absolute atomic E-state index is 0.0131. The highest BCUT2D eigenvalue weighted by Crippen LogP contribution is 2.18. The first-order valence-corrected chi connectivity index (χ1v) is 20.6. The van der Waals surface area contributed by atoms with E-state index < -0.39 is 5.97 Å². The van der Waals surface area contributed by atoms with Gasteiger partial charge in [0.25, 0.3) is 0 Å². The average molecular weight is 671 g/mol. The van der Waals surface area contributed by atoms with Gasteiger partial charge < -0.3 is 9.84 Å². The molecule has 0 fully saturated rings. The number of ether oxygens (including phenoxy) is 1. The number of allylic oxidation sites excluding steroid dienone is 8. The number of carboxylic acids is 1. The van der Waals surface area contributed by atoms with Crippen LogP contribution >= 0.6 is 0 Å². The highest BCUT2D eigenvalue weighted by Gasteiger charge is 2.13. The normalized spacial score (nSPS) is 12.7. The minimum atomic E-state index is -0.672. The molecule has 0 amide bonds. The minimum Gasteiger partial charge on any atom is -0.481 e. The summed E-state index contributed by atoms with van der Waals surface area (Å²) in [5, 5.41) is 8.68. The number of carbonyl (C=O) groups is 2. The molecular formula is C44H78O4. The molecule has 0 radical (unpaired) electrons. The van der Waals surface area contributed by atoms with Crippen molar-refractivity contribution in [2.45, 2.75) is 219 Å². The first-order valence-electron chi connectivity index (χ1n) is 20.6. The van der Waals surface area contributed by atoms with Crippen LogP contribution in [-0.2, 0) is 14.3 Å². The van der Waals surface area contributed by atoms with E-state index in [-0.39, 0.29) is 12.1 Å². The van der Waals surface area contributed by atoms with E-state index in [9.17, 15) is 9.59 Å². The Balaban J connectivity index is 3.69. The summed E-state index contributed by atoms with van der Waals surface area (Å²) in [4.78, 5) is 23.0. The first-order chi connectivity index (χ1) is 23.6.